The van der Waals surface area contributed by atoms with Gasteiger partial charge in [-0.1, -0.05) is 42.5 Å². The summed E-state index contributed by atoms with van der Waals surface area (Å²) in [7, 11) is 0. The van der Waals surface area contributed by atoms with Crippen LogP contribution >= 0.6 is 0 Å². The van der Waals surface area contributed by atoms with Gasteiger partial charge in [0, 0.05) is 22.9 Å². The second-order valence-electron chi connectivity index (χ2n) is 5.89. The molecule has 1 aliphatic rings. The Kier molecular flexibility index (Phi) is 4.45. The summed E-state index contributed by atoms with van der Waals surface area (Å²) in [6, 6.07) is 20.5. The standard InChI is InChI=1S/C21H16N2O4/c24-20(14-6-2-1-3-7-14)16-8-4-5-9-17(16)23-21(25)22-15-10-11-18-19(12-15)27-13-26-18/h1-12H,13H2,(H2,22,23,25). The van der Waals surface area contributed by atoms with Crippen LogP contribution in [0.15, 0.2) is 72.8 Å². The highest BCUT2D eigenvalue weighted by Gasteiger charge is 2.16. The predicted octanol–water partition coefficient (Wildman–Crippen LogP) is 4.29. The Labute approximate surface area is 155 Å². The number of carbonyl (C=O) groups is 2. The smallest absolute Gasteiger partial charge is 0.323 e. The zero-order chi connectivity index (χ0) is 18.6. The van der Waals surface area contributed by atoms with E-state index in [1.807, 2.05) is 6.07 Å². The van der Waals surface area contributed by atoms with Gasteiger partial charge < -0.3 is 20.1 Å². The summed E-state index contributed by atoms with van der Waals surface area (Å²) < 4.78 is 10.6. The van der Waals surface area contributed by atoms with Crippen molar-refractivity contribution in [3.63, 3.8) is 0 Å². The molecule has 0 aliphatic carbocycles. The third-order valence-electron chi connectivity index (χ3n) is 4.09. The average molecular weight is 360 g/mol. The maximum atomic E-state index is 12.7. The lowest BCUT2D eigenvalue weighted by molar-refractivity contribution is 0.103. The van der Waals surface area contributed by atoms with Crippen molar-refractivity contribution in [1.29, 1.82) is 0 Å². The molecule has 2 N–H and O–H groups in total. The van der Waals surface area contributed by atoms with Crippen LogP contribution in [0.1, 0.15) is 15.9 Å². The summed E-state index contributed by atoms with van der Waals surface area (Å²) >= 11 is 0. The first-order valence-corrected chi connectivity index (χ1v) is 8.37. The molecule has 3 aromatic rings. The van der Waals surface area contributed by atoms with Crippen molar-refractivity contribution in [1.82, 2.24) is 0 Å². The summed E-state index contributed by atoms with van der Waals surface area (Å²) in [4.78, 5) is 25.1. The molecule has 3 aromatic carbocycles. The van der Waals surface area contributed by atoms with Crippen molar-refractivity contribution in [2.45, 2.75) is 0 Å². The maximum Gasteiger partial charge on any atom is 0.323 e. The van der Waals surface area contributed by atoms with Gasteiger partial charge in [0.2, 0.25) is 6.79 Å². The Morgan fingerprint density at radius 2 is 1.52 bits per heavy atom. The summed E-state index contributed by atoms with van der Waals surface area (Å²) in [6.07, 6.45) is 0. The van der Waals surface area contributed by atoms with Gasteiger partial charge in [0.1, 0.15) is 0 Å². The maximum absolute atomic E-state index is 12.7. The second-order valence-corrected chi connectivity index (χ2v) is 5.89. The Hall–Kier alpha value is -3.80. The van der Waals surface area contributed by atoms with Crippen LogP contribution in [0.3, 0.4) is 0 Å². The number of rotatable bonds is 4. The lowest BCUT2D eigenvalue weighted by Crippen LogP contribution is -2.21. The number of nitrogens with one attached hydrogen (secondary N) is 2. The van der Waals surface area contributed by atoms with Gasteiger partial charge >= 0.3 is 6.03 Å². The van der Waals surface area contributed by atoms with E-state index in [1.54, 1.807) is 66.7 Å². The van der Waals surface area contributed by atoms with E-state index in [2.05, 4.69) is 10.6 Å². The second kappa shape index (κ2) is 7.21. The van der Waals surface area contributed by atoms with Crippen molar-refractivity contribution in [3.05, 3.63) is 83.9 Å². The van der Waals surface area contributed by atoms with Gasteiger partial charge in [-0.25, -0.2) is 4.79 Å². The van der Waals surface area contributed by atoms with Crippen LogP contribution in [0.5, 0.6) is 11.5 Å². The molecule has 0 radical (unpaired) electrons. The van der Waals surface area contributed by atoms with Gasteiger partial charge in [0.05, 0.1) is 5.69 Å². The monoisotopic (exact) mass is 360 g/mol. The van der Waals surface area contributed by atoms with Crippen molar-refractivity contribution in [2.75, 3.05) is 17.4 Å². The van der Waals surface area contributed by atoms with E-state index in [1.165, 1.54) is 0 Å². The van der Waals surface area contributed by atoms with Gasteiger partial charge in [-0.3, -0.25) is 4.79 Å². The fourth-order valence-corrected chi connectivity index (χ4v) is 2.79. The molecule has 0 bridgehead atoms. The molecule has 134 valence electrons. The minimum atomic E-state index is -0.456. The van der Waals surface area contributed by atoms with E-state index in [-0.39, 0.29) is 12.6 Å². The number of amides is 2. The summed E-state index contributed by atoms with van der Waals surface area (Å²) in [6.45, 7) is 0.167. The first-order chi connectivity index (χ1) is 13.2. The quantitative estimate of drug-likeness (QED) is 0.681. The predicted molar refractivity (Wildman–Crippen MR) is 102 cm³/mol. The Morgan fingerprint density at radius 1 is 0.778 bits per heavy atom. The number of fused-ring (bicyclic) bond motifs is 1. The van der Waals surface area contributed by atoms with Crippen molar-refractivity contribution < 1.29 is 19.1 Å². The minimum Gasteiger partial charge on any atom is -0.454 e. The van der Waals surface area contributed by atoms with Gasteiger partial charge in [-0.15, -0.1) is 0 Å². The number of benzene rings is 3. The number of hydrogen-bond acceptors (Lipinski definition) is 4. The zero-order valence-corrected chi connectivity index (χ0v) is 14.3. The highest BCUT2D eigenvalue weighted by Crippen LogP contribution is 2.34. The normalized spacial score (nSPS) is 11.7. The van der Waals surface area contributed by atoms with Crippen LogP contribution in [0.4, 0.5) is 16.2 Å². The van der Waals surface area contributed by atoms with E-state index in [9.17, 15) is 9.59 Å². The fourth-order valence-electron chi connectivity index (χ4n) is 2.79. The Morgan fingerprint density at radius 3 is 2.37 bits per heavy atom. The van der Waals surface area contributed by atoms with Gasteiger partial charge in [-0.2, -0.15) is 0 Å². The van der Waals surface area contributed by atoms with Crippen molar-refractivity contribution in [2.24, 2.45) is 0 Å². The zero-order valence-electron chi connectivity index (χ0n) is 14.3. The summed E-state index contributed by atoms with van der Waals surface area (Å²) in [5.41, 5.74) is 1.97. The van der Waals surface area contributed by atoms with Crippen molar-refractivity contribution in [3.8, 4) is 11.5 Å². The molecule has 0 fully saturated rings. The van der Waals surface area contributed by atoms with Crippen LogP contribution in [0.25, 0.3) is 0 Å². The molecule has 4 rings (SSSR count). The van der Waals surface area contributed by atoms with Crippen LogP contribution < -0.4 is 20.1 Å². The third kappa shape index (κ3) is 3.59. The Bertz CT molecular complexity index is 1000. The number of para-hydroxylation sites is 1. The fraction of sp³-hybridized carbons (Fsp3) is 0.0476. The van der Waals surface area contributed by atoms with E-state index in [4.69, 9.17) is 9.47 Å². The lowest BCUT2D eigenvalue weighted by Gasteiger charge is -2.12. The number of carbonyl (C=O) groups excluding carboxylic acids is 2. The summed E-state index contributed by atoms with van der Waals surface area (Å²) in [5, 5.41) is 5.46. The molecule has 0 unspecified atom stereocenters. The van der Waals surface area contributed by atoms with Crippen LogP contribution in [-0.4, -0.2) is 18.6 Å². The SMILES string of the molecule is O=C(Nc1ccc2c(c1)OCO2)Nc1ccccc1C(=O)c1ccccc1. The lowest BCUT2D eigenvalue weighted by atomic mass is 10.0. The first kappa shape index (κ1) is 16.7. The van der Waals surface area contributed by atoms with Crippen LogP contribution in [0.2, 0.25) is 0 Å². The number of anilines is 2. The minimum absolute atomic E-state index is 0.158. The molecule has 0 saturated heterocycles. The van der Waals surface area contributed by atoms with Crippen LogP contribution in [0, 0.1) is 0 Å². The molecular weight excluding hydrogens is 344 g/mol. The van der Waals surface area contributed by atoms with Gasteiger partial charge in [0.25, 0.3) is 0 Å². The van der Waals surface area contributed by atoms with Gasteiger partial charge in [-0.05, 0) is 24.3 Å². The molecule has 0 aromatic heterocycles. The Balaban J connectivity index is 1.51. The summed E-state index contributed by atoms with van der Waals surface area (Å²) in [5.74, 6) is 1.06. The van der Waals surface area contributed by atoms with Crippen molar-refractivity contribution >= 4 is 23.2 Å². The van der Waals surface area contributed by atoms with E-state index < -0.39 is 6.03 Å². The van der Waals surface area contributed by atoms with Crippen LogP contribution in [-0.2, 0) is 0 Å². The molecule has 0 saturated carbocycles. The molecule has 6 heteroatoms. The molecule has 2 amide bonds. The molecule has 1 aliphatic heterocycles. The van der Waals surface area contributed by atoms with E-state index >= 15 is 0 Å². The number of ketones is 1. The third-order valence-corrected chi connectivity index (χ3v) is 4.09. The highest BCUT2D eigenvalue weighted by atomic mass is 16.7. The molecule has 6 nitrogen and oxygen atoms in total. The topological polar surface area (TPSA) is 76.7 Å². The molecule has 0 spiro atoms. The van der Waals surface area contributed by atoms with E-state index in [0.717, 1.165) is 0 Å². The first-order valence-electron chi connectivity index (χ1n) is 8.37. The molecule has 0 atom stereocenters. The largest absolute Gasteiger partial charge is 0.454 e. The molecule has 1 heterocycles. The molecule has 27 heavy (non-hydrogen) atoms. The van der Waals surface area contributed by atoms with Gasteiger partial charge in [0.15, 0.2) is 17.3 Å². The number of ether oxygens (including phenoxy) is 2. The molecular formula is C21H16N2O4. The van der Waals surface area contributed by atoms with E-state index in [0.29, 0.717) is 34.0 Å². The average Bonchev–Trinajstić information content (AvgIpc) is 3.16. The highest BCUT2D eigenvalue weighted by molar-refractivity contribution is 6.14. The number of urea groups is 1. The number of hydrogen-bond donors (Lipinski definition) is 2.